The van der Waals surface area contributed by atoms with E-state index in [0.29, 0.717) is 19.3 Å². The minimum Gasteiger partial charge on any atom is -0.295 e. The van der Waals surface area contributed by atoms with Gasteiger partial charge in [0.1, 0.15) is 6.04 Å². The number of carbonyl (C=O) groups is 4. The molecule has 2 aliphatic heterocycles. The Morgan fingerprint density at radius 2 is 1.59 bits per heavy atom. The van der Waals surface area contributed by atoms with Crippen LogP contribution in [0.2, 0.25) is 0 Å². The molecule has 1 atom stereocenters. The third-order valence-electron chi connectivity index (χ3n) is 6.62. The van der Waals surface area contributed by atoms with E-state index in [0.717, 1.165) is 10.5 Å². The summed E-state index contributed by atoms with van der Waals surface area (Å²) in [6, 6.07) is 9.07. The van der Waals surface area contributed by atoms with E-state index >= 15 is 0 Å². The Morgan fingerprint density at radius 3 is 2.28 bits per heavy atom. The number of hydrogen-bond acceptors (Lipinski definition) is 9. The monoisotopic (exact) mass is 576 g/mol. The SMILES string of the molecule is Cc1ccc(S(=O)(=O)OCCCCCCS(=O)(=O)c2cccc3c2C(=O)N(C2CCC(=O)NC2=O)C3=O)cc1. The summed E-state index contributed by atoms with van der Waals surface area (Å²) in [5.41, 5.74) is 0.562. The molecule has 11 nitrogen and oxygen atoms in total. The molecule has 1 fully saturated rings. The highest BCUT2D eigenvalue weighted by Gasteiger charge is 2.46. The maximum Gasteiger partial charge on any atom is 0.296 e. The first-order chi connectivity index (χ1) is 18.4. The van der Waals surface area contributed by atoms with Crippen molar-refractivity contribution < 1.29 is 40.2 Å². The van der Waals surface area contributed by atoms with Crippen LogP contribution in [0.1, 0.15) is 64.8 Å². The van der Waals surface area contributed by atoms with Crippen LogP contribution in [0, 0.1) is 6.92 Å². The second kappa shape index (κ2) is 11.4. The van der Waals surface area contributed by atoms with Crippen LogP contribution in [0.25, 0.3) is 0 Å². The maximum absolute atomic E-state index is 13.2. The van der Waals surface area contributed by atoms with E-state index in [4.69, 9.17) is 4.18 Å². The van der Waals surface area contributed by atoms with E-state index in [1.165, 1.54) is 30.3 Å². The molecular weight excluding hydrogens is 548 g/mol. The van der Waals surface area contributed by atoms with Crippen molar-refractivity contribution in [2.75, 3.05) is 12.4 Å². The third kappa shape index (κ3) is 6.10. The van der Waals surface area contributed by atoms with Gasteiger partial charge < -0.3 is 0 Å². The van der Waals surface area contributed by atoms with Crippen molar-refractivity contribution in [3.8, 4) is 0 Å². The molecule has 2 aliphatic rings. The van der Waals surface area contributed by atoms with Crippen LogP contribution in [0.15, 0.2) is 52.3 Å². The Balaban J connectivity index is 1.33. The van der Waals surface area contributed by atoms with E-state index in [2.05, 4.69) is 5.32 Å². The lowest BCUT2D eigenvalue weighted by Gasteiger charge is -2.27. The van der Waals surface area contributed by atoms with Crippen molar-refractivity contribution in [2.24, 2.45) is 0 Å². The number of carbonyl (C=O) groups excluding carboxylic acids is 4. The molecule has 4 rings (SSSR count). The van der Waals surface area contributed by atoms with E-state index in [1.807, 2.05) is 6.92 Å². The highest BCUT2D eigenvalue weighted by atomic mass is 32.2. The van der Waals surface area contributed by atoms with Crippen molar-refractivity contribution in [2.45, 2.75) is 61.3 Å². The van der Waals surface area contributed by atoms with Crippen molar-refractivity contribution in [3.05, 3.63) is 59.2 Å². The van der Waals surface area contributed by atoms with Gasteiger partial charge in [-0.3, -0.25) is 33.6 Å². The number of sulfone groups is 1. The average molecular weight is 577 g/mol. The van der Waals surface area contributed by atoms with Crippen LogP contribution in [0.3, 0.4) is 0 Å². The molecule has 39 heavy (non-hydrogen) atoms. The molecule has 0 radical (unpaired) electrons. The standard InChI is InChI=1S/C26H28N2O9S2/c1-17-9-11-18(12-10-17)39(35,36)37-15-4-2-3-5-16-38(33,34)21-8-6-7-19-23(21)26(32)28(25(19)31)20-13-14-22(29)27-24(20)30/h6-12,20H,2-5,13-16H2,1H3,(H,27,29,30). The normalized spacial score (nSPS) is 17.9. The lowest BCUT2D eigenvalue weighted by atomic mass is 10.0. The van der Waals surface area contributed by atoms with Gasteiger partial charge in [-0.1, -0.05) is 36.6 Å². The van der Waals surface area contributed by atoms with Crippen molar-refractivity contribution >= 4 is 43.6 Å². The van der Waals surface area contributed by atoms with Crippen molar-refractivity contribution in [3.63, 3.8) is 0 Å². The van der Waals surface area contributed by atoms with Crippen LogP contribution in [-0.2, 0) is 33.7 Å². The quantitative estimate of drug-likeness (QED) is 0.240. The summed E-state index contributed by atoms with van der Waals surface area (Å²) < 4.78 is 55.8. The highest BCUT2D eigenvalue weighted by molar-refractivity contribution is 7.91. The van der Waals surface area contributed by atoms with Crippen LogP contribution < -0.4 is 5.32 Å². The van der Waals surface area contributed by atoms with Crippen molar-refractivity contribution in [1.82, 2.24) is 10.2 Å². The zero-order valence-electron chi connectivity index (χ0n) is 21.2. The van der Waals surface area contributed by atoms with Gasteiger partial charge >= 0.3 is 0 Å². The molecule has 0 aliphatic carbocycles. The molecule has 4 amide bonds. The van der Waals surface area contributed by atoms with Gasteiger partial charge in [-0.25, -0.2) is 8.42 Å². The summed E-state index contributed by atoms with van der Waals surface area (Å²) in [7, 11) is -7.82. The Bertz CT molecular complexity index is 1530. The van der Waals surface area contributed by atoms with Gasteiger partial charge in [-0.2, -0.15) is 8.42 Å². The molecule has 0 bridgehead atoms. The summed E-state index contributed by atoms with van der Waals surface area (Å²) in [5.74, 6) is -3.22. The second-order valence-corrected chi connectivity index (χ2v) is 13.1. The summed E-state index contributed by atoms with van der Waals surface area (Å²) >= 11 is 0. The predicted octanol–water partition coefficient (Wildman–Crippen LogP) is 2.14. The minimum absolute atomic E-state index is 0.0335. The molecule has 0 spiro atoms. The molecule has 2 aromatic carbocycles. The van der Waals surface area contributed by atoms with E-state index in [-0.39, 0.29) is 52.5 Å². The number of hydrogen-bond donors (Lipinski definition) is 1. The number of rotatable bonds is 11. The summed E-state index contributed by atoms with van der Waals surface area (Å²) in [5, 5.41) is 2.10. The largest absolute Gasteiger partial charge is 0.296 e. The third-order valence-corrected chi connectivity index (χ3v) is 9.78. The highest BCUT2D eigenvalue weighted by Crippen LogP contribution is 2.32. The summed E-state index contributed by atoms with van der Waals surface area (Å²) in [6.45, 7) is 1.80. The molecule has 2 aromatic rings. The molecule has 1 N–H and O–H groups in total. The number of imide groups is 2. The van der Waals surface area contributed by atoms with E-state index < -0.39 is 49.6 Å². The van der Waals surface area contributed by atoms with E-state index in [1.54, 1.807) is 12.1 Å². The van der Waals surface area contributed by atoms with Gasteiger partial charge in [-0.15, -0.1) is 0 Å². The van der Waals surface area contributed by atoms with Gasteiger partial charge in [0.05, 0.1) is 33.3 Å². The molecule has 208 valence electrons. The molecule has 13 heteroatoms. The Kier molecular flexibility index (Phi) is 8.33. The summed E-state index contributed by atoms with van der Waals surface area (Å²) in [6.07, 6.45) is 1.56. The number of piperidine rings is 1. The first-order valence-corrected chi connectivity index (χ1v) is 15.5. The van der Waals surface area contributed by atoms with Crippen molar-refractivity contribution in [1.29, 1.82) is 0 Å². The fourth-order valence-electron chi connectivity index (χ4n) is 4.54. The lowest BCUT2D eigenvalue weighted by molar-refractivity contribution is -0.136. The summed E-state index contributed by atoms with van der Waals surface area (Å²) in [4.78, 5) is 50.4. The number of amides is 4. The predicted molar refractivity (Wildman–Crippen MR) is 138 cm³/mol. The van der Waals surface area contributed by atoms with Gasteiger partial charge in [0.2, 0.25) is 11.8 Å². The average Bonchev–Trinajstić information content (AvgIpc) is 3.13. The molecule has 2 heterocycles. The Hall–Kier alpha value is -3.42. The van der Waals surface area contributed by atoms with Gasteiger partial charge in [-0.05, 0) is 50.5 Å². The number of unbranched alkanes of at least 4 members (excludes halogenated alkanes) is 3. The zero-order chi connectivity index (χ0) is 28.4. The molecule has 0 saturated carbocycles. The number of fused-ring (bicyclic) bond motifs is 1. The molecule has 1 unspecified atom stereocenters. The van der Waals surface area contributed by atoms with Gasteiger partial charge in [0.15, 0.2) is 9.84 Å². The zero-order valence-corrected chi connectivity index (χ0v) is 22.8. The van der Waals surface area contributed by atoms with Crippen LogP contribution in [-0.4, -0.2) is 63.8 Å². The minimum atomic E-state index is -3.96. The fraction of sp³-hybridized carbons (Fsp3) is 0.385. The van der Waals surface area contributed by atoms with Crippen LogP contribution >= 0.6 is 0 Å². The van der Waals surface area contributed by atoms with Gasteiger partial charge in [0.25, 0.3) is 21.9 Å². The maximum atomic E-state index is 13.2. The fourth-order valence-corrected chi connectivity index (χ4v) is 7.08. The number of nitrogens with one attached hydrogen (secondary N) is 1. The Labute approximate surface area is 226 Å². The number of benzene rings is 2. The van der Waals surface area contributed by atoms with Gasteiger partial charge in [0, 0.05) is 6.42 Å². The van der Waals surface area contributed by atoms with Crippen LogP contribution in [0.5, 0.6) is 0 Å². The number of aryl methyl sites for hydroxylation is 1. The first kappa shape index (κ1) is 28.6. The first-order valence-electron chi connectivity index (χ1n) is 12.5. The molecule has 1 saturated heterocycles. The number of nitrogens with zero attached hydrogens (tertiary/aromatic N) is 1. The lowest BCUT2D eigenvalue weighted by Crippen LogP contribution is -2.54. The second-order valence-electron chi connectivity index (χ2n) is 9.45. The molecular formula is C26H28N2O9S2. The topological polar surface area (TPSA) is 161 Å². The smallest absolute Gasteiger partial charge is 0.295 e. The Morgan fingerprint density at radius 1 is 0.897 bits per heavy atom. The van der Waals surface area contributed by atoms with Crippen LogP contribution in [0.4, 0.5) is 0 Å². The van der Waals surface area contributed by atoms with E-state index in [9.17, 15) is 36.0 Å². The molecule has 0 aromatic heterocycles.